The molecule has 4 rings (SSSR count). The number of ether oxygens (including phenoxy) is 1. The number of aliphatic hydroxyl groups is 1. The van der Waals surface area contributed by atoms with Crippen LogP contribution in [0.3, 0.4) is 0 Å². The minimum Gasteiger partial charge on any atom is -0.507 e. The number of hydrogen-bond acceptors (Lipinski definition) is 10. The summed E-state index contributed by atoms with van der Waals surface area (Å²) in [7, 11) is 3.11. The van der Waals surface area contributed by atoms with Crippen LogP contribution in [0.2, 0.25) is 0 Å². The molecule has 2 fully saturated rings. The van der Waals surface area contributed by atoms with Crippen LogP contribution in [0.25, 0.3) is 0 Å². The number of aromatic hydroxyl groups is 1. The number of benzene rings is 1. The third kappa shape index (κ3) is 4.63. The fourth-order valence-electron chi connectivity index (χ4n) is 6.73. The summed E-state index contributed by atoms with van der Waals surface area (Å²) in [4.78, 5) is 68.0. The number of fused-ring (bicyclic) bond motifs is 3. The van der Waals surface area contributed by atoms with E-state index in [1.807, 2.05) is 13.8 Å². The van der Waals surface area contributed by atoms with Crippen LogP contribution >= 0.6 is 0 Å². The van der Waals surface area contributed by atoms with Gasteiger partial charge in [0.15, 0.2) is 34.7 Å². The predicted octanol–water partition coefficient (Wildman–Crippen LogP) is 0.400. The van der Waals surface area contributed by atoms with Gasteiger partial charge >= 0.3 is 0 Å². The molecule has 6 atom stereocenters. The van der Waals surface area contributed by atoms with E-state index >= 15 is 0 Å². The minimum atomic E-state index is -2.75. The Morgan fingerprint density at radius 3 is 2.38 bits per heavy atom. The highest BCUT2D eigenvalue weighted by Crippen LogP contribution is 2.52. The second-order valence-corrected chi connectivity index (χ2v) is 12.2. The lowest BCUT2D eigenvalue weighted by Gasteiger charge is -2.52. The molecule has 1 aromatic rings. The van der Waals surface area contributed by atoms with E-state index < -0.39 is 64.4 Å². The van der Waals surface area contributed by atoms with E-state index in [1.54, 1.807) is 14.1 Å². The van der Waals surface area contributed by atoms with Gasteiger partial charge in [0.05, 0.1) is 23.6 Å². The Hall–Kier alpha value is -3.15. The van der Waals surface area contributed by atoms with Gasteiger partial charge in [-0.05, 0) is 65.2 Å². The molecule has 0 heterocycles. The van der Waals surface area contributed by atoms with E-state index in [0.29, 0.717) is 29.3 Å². The highest BCUT2D eigenvalue weighted by molar-refractivity contribution is 6.32. The SMILES string of the molecule is CC(C)CNCc1cc(O)c2c(c1OC(C)C)C[C@H]1C[C@H]3[C@H](N(C)C)C(=O)C(C(N)=O)C(=O)[C@@]3(O)C(=O)C1C2=O. The van der Waals surface area contributed by atoms with E-state index in [9.17, 15) is 34.2 Å². The maximum atomic E-state index is 13.9. The Kier molecular flexibility index (Phi) is 7.96. The second kappa shape index (κ2) is 10.7. The van der Waals surface area contributed by atoms with Crippen LogP contribution in [0.15, 0.2) is 6.07 Å². The number of amides is 1. The number of carbonyl (C=O) groups excluding carboxylic acids is 5. The fourth-order valence-corrected chi connectivity index (χ4v) is 6.73. The number of nitrogens with two attached hydrogens (primary N) is 1. The summed E-state index contributed by atoms with van der Waals surface area (Å²) >= 11 is 0. The van der Waals surface area contributed by atoms with Crippen LogP contribution in [-0.2, 0) is 32.1 Å². The van der Waals surface area contributed by atoms with Crippen LogP contribution in [-0.4, -0.2) is 82.5 Å². The van der Waals surface area contributed by atoms with Crippen LogP contribution in [0.5, 0.6) is 11.5 Å². The number of nitrogens with zero attached hydrogens (tertiary/aromatic N) is 1. The number of hydrogen-bond donors (Lipinski definition) is 4. The Morgan fingerprint density at radius 2 is 1.82 bits per heavy atom. The van der Waals surface area contributed by atoms with Crippen molar-refractivity contribution in [1.29, 1.82) is 0 Å². The topological polar surface area (TPSA) is 176 Å². The van der Waals surface area contributed by atoms with E-state index in [1.165, 1.54) is 11.0 Å². The monoisotopic (exact) mass is 557 g/mol. The first-order chi connectivity index (χ1) is 18.6. The van der Waals surface area contributed by atoms with Crippen LogP contribution in [0.4, 0.5) is 0 Å². The molecule has 0 aliphatic heterocycles. The molecule has 2 saturated carbocycles. The van der Waals surface area contributed by atoms with Gasteiger partial charge in [0.2, 0.25) is 5.91 Å². The molecule has 40 heavy (non-hydrogen) atoms. The van der Waals surface area contributed by atoms with Gasteiger partial charge in [-0.25, -0.2) is 0 Å². The fraction of sp³-hybridized carbons (Fsp3) is 0.621. The van der Waals surface area contributed by atoms with Crippen LogP contribution < -0.4 is 15.8 Å². The van der Waals surface area contributed by atoms with Crippen molar-refractivity contribution in [2.45, 2.75) is 64.8 Å². The Balaban J connectivity index is 1.84. The first kappa shape index (κ1) is 29.8. The molecular weight excluding hydrogens is 518 g/mol. The van der Waals surface area contributed by atoms with Crippen molar-refractivity contribution in [3.8, 4) is 11.5 Å². The quantitative estimate of drug-likeness (QED) is 0.327. The number of likely N-dealkylation sites (N-methyl/N-ethyl adjacent to an activating group) is 1. The number of phenolic OH excluding ortho intramolecular Hbond substituents is 1. The molecule has 2 unspecified atom stereocenters. The predicted molar refractivity (Wildman–Crippen MR) is 144 cm³/mol. The summed E-state index contributed by atoms with van der Waals surface area (Å²) in [6.07, 6.45) is -0.109. The van der Waals surface area contributed by atoms with Crippen molar-refractivity contribution in [2.24, 2.45) is 35.3 Å². The van der Waals surface area contributed by atoms with Crippen molar-refractivity contribution in [2.75, 3.05) is 20.6 Å². The van der Waals surface area contributed by atoms with Gasteiger partial charge in [-0.1, -0.05) is 13.8 Å². The van der Waals surface area contributed by atoms with Crippen molar-refractivity contribution in [3.05, 3.63) is 22.8 Å². The Morgan fingerprint density at radius 1 is 1.18 bits per heavy atom. The Bertz CT molecular complexity index is 1270. The van der Waals surface area contributed by atoms with Gasteiger partial charge in [0.1, 0.15) is 11.5 Å². The standard InChI is InChI=1S/C29H39N3O8/c1-12(2)10-31-11-15-9-18(33)20-16(25(15)40-13(3)4)7-14-8-17-22(32(5)6)24(35)21(28(30)38)27(37)29(17,39)26(36)19(14)23(20)34/h9,12-14,17,19,21-22,31,33,39H,7-8,10-11H2,1-6H3,(H2,30,38)/t14-,17-,19?,21?,22-,29-/m0/s1. The average Bonchev–Trinajstić information content (AvgIpc) is 2.82. The maximum Gasteiger partial charge on any atom is 0.235 e. The molecular formula is C29H39N3O8. The third-order valence-electron chi connectivity index (χ3n) is 8.31. The lowest BCUT2D eigenvalue weighted by Crippen LogP contribution is -2.74. The number of ketones is 4. The molecule has 0 radical (unpaired) electrons. The van der Waals surface area contributed by atoms with Crippen LogP contribution in [0, 0.1) is 29.6 Å². The molecule has 0 bridgehead atoms. The molecule has 1 amide bonds. The molecule has 0 spiro atoms. The summed E-state index contributed by atoms with van der Waals surface area (Å²) in [6, 6.07) is 0.302. The highest BCUT2D eigenvalue weighted by atomic mass is 16.5. The summed E-state index contributed by atoms with van der Waals surface area (Å²) in [6.45, 7) is 8.92. The zero-order valence-electron chi connectivity index (χ0n) is 23.8. The second-order valence-electron chi connectivity index (χ2n) is 12.2. The smallest absolute Gasteiger partial charge is 0.235 e. The summed E-state index contributed by atoms with van der Waals surface area (Å²) < 4.78 is 6.17. The van der Waals surface area contributed by atoms with Crippen molar-refractivity contribution < 1.29 is 38.9 Å². The van der Waals surface area contributed by atoms with E-state index in [0.717, 1.165) is 6.54 Å². The minimum absolute atomic E-state index is 0.0123. The van der Waals surface area contributed by atoms with Crippen molar-refractivity contribution in [3.63, 3.8) is 0 Å². The largest absolute Gasteiger partial charge is 0.507 e. The molecule has 11 heteroatoms. The van der Waals surface area contributed by atoms with E-state index in [4.69, 9.17) is 10.5 Å². The first-order valence-electron chi connectivity index (χ1n) is 13.7. The molecule has 3 aliphatic rings. The van der Waals surface area contributed by atoms with E-state index in [2.05, 4.69) is 19.2 Å². The number of phenols is 1. The average molecular weight is 558 g/mol. The summed E-state index contributed by atoms with van der Waals surface area (Å²) in [5, 5.41) is 26.0. The summed E-state index contributed by atoms with van der Waals surface area (Å²) in [5.74, 6) is -9.86. The van der Waals surface area contributed by atoms with Gasteiger partial charge in [-0.15, -0.1) is 0 Å². The number of nitrogens with one attached hydrogen (secondary N) is 1. The van der Waals surface area contributed by atoms with Gasteiger partial charge in [0, 0.05) is 23.6 Å². The molecule has 0 aromatic heterocycles. The van der Waals surface area contributed by atoms with Gasteiger partial charge in [-0.3, -0.25) is 28.9 Å². The number of carbonyl (C=O) groups is 5. The Labute approximate surface area is 233 Å². The normalized spacial score (nSPS) is 30.0. The molecule has 1 aromatic carbocycles. The molecule has 0 saturated heterocycles. The van der Waals surface area contributed by atoms with Gasteiger partial charge in [-0.2, -0.15) is 0 Å². The highest BCUT2D eigenvalue weighted by Gasteiger charge is 2.69. The maximum absolute atomic E-state index is 13.9. The first-order valence-corrected chi connectivity index (χ1v) is 13.7. The molecule has 5 N–H and O–H groups in total. The zero-order valence-corrected chi connectivity index (χ0v) is 23.8. The molecule has 11 nitrogen and oxygen atoms in total. The number of primary amides is 1. The lowest BCUT2D eigenvalue weighted by molar-refractivity contribution is -0.181. The van der Waals surface area contributed by atoms with Gasteiger partial charge < -0.3 is 26.0 Å². The number of rotatable bonds is 8. The van der Waals surface area contributed by atoms with Crippen molar-refractivity contribution >= 4 is 29.0 Å². The van der Waals surface area contributed by atoms with Gasteiger partial charge in [0.25, 0.3) is 0 Å². The number of Topliss-reactive ketones (excluding diaryl/α,β-unsaturated/α-hetero) is 4. The zero-order chi connectivity index (χ0) is 29.8. The van der Waals surface area contributed by atoms with Crippen molar-refractivity contribution in [1.82, 2.24) is 10.2 Å². The van der Waals surface area contributed by atoms with E-state index in [-0.39, 0.29) is 30.3 Å². The van der Waals surface area contributed by atoms with Crippen LogP contribution in [0.1, 0.15) is 55.6 Å². The summed E-state index contributed by atoms with van der Waals surface area (Å²) in [5.41, 5.74) is 3.66. The third-order valence-corrected chi connectivity index (χ3v) is 8.31. The molecule has 218 valence electrons. The molecule has 3 aliphatic carbocycles. The lowest BCUT2D eigenvalue weighted by atomic mass is 9.52.